The van der Waals surface area contributed by atoms with Crippen molar-refractivity contribution in [2.75, 3.05) is 39.6 Å². The molecule has 17 nitrogen and oxygen atoms in total. The number of aliphatic hydroxyl groups is 1. The Morgan fingerprint density at radius 2 is 0.489 bits per heavy atom. The van der Waals surface area contributed by atoms with Gasteiger partial charge in [-0.3, -0.25) is 37.3 Å². The Kier molecular flexibility index (Phi) is 64.3. The molecule has 0 heterocycles. The average Bonchev–Trinajstić information content (AvgIpc) is 1.96. The van der Waals surface area contributed by atoms with Gasteiger partial charge in [-0.05, 0) is 43.4 Å². The molecule has 0 bridgehead atoms. The summed E-state index contributed by atoms with van der Waals surface area (Å²) in [6.45, 7) is 11.7. The third kappa shape index (κ3) is 68.6. The van der Waals surface area contributed by atoms with Gasteiger partial charge >= 0.3 is 39.5 Å². The van der Waals surface area contributed by atoms with E-state index in [1.54, 1.807) is 0 Å². The van der Waals surface area contributed by atoms with Gasteiger partial charge in [-0.2, -0.15) is 0 Å². The fraction of sp³-hybridized carbons (Fsp3) is 0.947. The van der Waals surface area contributed by atoms with Crippen molar-refractivity contribution in [1.82, 2.24) is 0 Å². The van der Waals surface area contributed by atoms with Crippen LogP contribution in [0.5, 0.6) is 0 Å². The second-order valence-electron chi connectivity index (χ2n) is 28.5. The van der Waals surface area contributed by atoms with Crippen molar-refractivity contribution in [3.05, 3.63) is 0 Å². The minimum atomic E-state index is -4.96. The van der Waals surface area contributed by atoms with Gasteiger partial charge in [0.05, 0.1) is 26.4 Å². The van der Waals surface area contributed by atoms with Crippen LogP contribution < -0.4 is 0 Å². The van der Waals surface area contributed by atoms with Gasteiger partial charge in [0.15, 0.2) is 12.2 Å². The number of hydrogen-bond acceptors (Lipinski definition) is 15. The van der Waals surface area contributed by atoms with E-state index in [4.69, 9.17) is 37.0 Å². The molecule has 0 aliphatic carbocycles. The van der Waals surface area contributed by atoms with E-state index in [-0.39, 0.29) is 25.7 Å². The number of phosphoric ester groups is 2. The first-order valence-electron chi connectivity index (χ1n) is 38.8. The molecule has 0 aliphatic rings. The number of rotatable bonds is 73. The summed E-state index contributed by atoms with van der Waals surface area (Å²) < 4.78 is 68.4. The number of esters is 4. The van der Waals surface area contributed by atoms with Gasteiger partial charge in [-0.1, -0.05) is 331 Å². The first-order valence-corrected chi connectivity index (χ1v) is 41.8. The first kappa shape index (κ1) is 92.1. The molecule has 0 aliphatic heterocycles. The summed E-state index contributed by atoms with van der Waals surface area (Å²) in [7, 11) is -9.91. The molecule has 2 unspecified atom stereocenters. The summed E-state index contributed by atoms with van der Waals surface area (Å²) in [5, 5.41) is 10.6. The minimum absolute atomic E-state index is 0.103. The van der Waals surface area contributed by atoms with Crippen LogP contribution in [-0.2, 0) is 65.4 Å². The standard InChI is InChI=1S/C75H146O17P2/c1-8-9-10-11-12-13-14-15-16-17-18-19-20-21-22-23-24-25-28-36-44-51-58-74(79)91-70(62-85-72(77)56-49-42-35-29-26-27-32-39-46-53-66(2)3)64-89-93(81,82)87-60-69(76)61-88-94(83,84)90-65-71(92-75(80)59-52-45-38-31-34-41-48-55-68(6)7)63-86-73(78)57-50-43-37-30-33-40-47-54-67(4)5/h66-71,76H,8-65H2,1-7H3,(H,81,82)(H,83,84)/t69-,70-,71-/m1/s1. The van der Waals surface area contributed by atoms with E-state index in [0.29, 0.717) is 37.5 Å². The summed E-state index contributed by atoms with van der Waals surface area (Å²) in [6.07, 6.45) is 51.8. The third-order valence-electron chi connectivity index (χ3n) is 17.4. The van der Waals surface area contributed by atoms with Crippen molar-refractivity contribution in [3.63, 3.8) is 0 Å². The van der Waals surface area contributed by atoms with Crippen LogP contribution >= 0.6 is 15.6 Å². The Balaban J connectivity index is 5.16. The van der Waals surface area contributed by atoms with Crippen molar-refractivity contribution in [2.24, 2.45) is 17.8 Å². The summed E-state index contributed by atoms with van der Waals surface area (Å²) in [5.74, 6) is 0.0186. The average molecular weight is 1380 g/mol. The zero-order valence-corrected chi connectivity index (χ0v) is 63.2. The van der Waals surface area contributed by atoms with E-state index < -0.39 is 97.5 Å². The number of ether oxygens (including phenoxy) is 4. The zero-order valence-electron chi connectivity index (χ0n) is 61.4. The number of unbranched alkanes of at least 4 members (excludes halogenated alkanes) is 41. The summed E-state index contributed by atoms with van der Waals surface area (Å²) >= 11 is 0. The van der Waals surface area contributed by atoms with E-state index in [0.717, 1.165) is 102 Å². The van der Waals surface area contributed by atoms with Gasteiger partial charge in [0.2, 0.25) is 0 Å². The topological polar surface area (TPSA) is 237 Å². The monoisotopic (exact) mass is 1380 g/mol. The number of aliphatic hydroxyl groups excluding tert-OH is 1. The van der Waals surface area contributed by atoms with Crippen molar-refractivity contribution in [1.29, 1.82) is 0 Å². The lowest BCUT2D eigenvalue weighted by atomic mass is 10.0. The fourth-order valence-corrected chi connectivity index (χ4v) is 13.0. The predicted molar refractivity (Wildman–Crippen MR) is 381 cm³/mol. The summed E-state index contributed by atoms with van der Waals surface area (Å²) in [5.41, 5.74) is 0. The molecule has 94 heavy (non-hydrogen) atoms. The molecule has 0 rings (SSSR count). The van der Waals surface area contributed by atoms with Crippen molar-refractivity contribution >= 4 is 39.5 Å². The van der Waals surface area contributed by atoms with E-state index in [9.17, 15) is 43.2 Å². The molecule has 0 aromatic heterocycles. The number of carbonyl (C=O) groups excluding carboxylic acids is 4. The van der Waals surface area contributed by atoms with Crippen LogP contribution in [0.15, 0.2) is 0 Å². The molecule has 0 aromatic carbocycles. The molecule has 0 aromatic rings. The number of carbonyl (C=O) groups is 4. The molecule has 19 heteroatoms. The van der Waals surface area contributed by atoms with E-state index in [2.05, 4.69) is 48.5 Å². The van der Waals surface area contributed by atoms with Gasteiger partial charge < -0.3 is 33.8 Å². The highest BCUT2D eigenvalue weighted by atomic mass is 31.2. The van der Waals surface area contributed by atoms with E-state index in [1.807, 2.05) is 0 Å². The molecule has 0 fully saturated rings. The Morgan fingerprint density at radius 1 is 0.287 bits per heavy atom. The molecule has 0 saturated carbocycles. The highest BCUT2D eigenvalue weighted by molar-refractivity contribution is 7.47. The molecule has 5 atom stereocenters. The van der Waals surface area contributed by atoms with Crippen molar-refractivity contribution < 1.29 is 80.2 Å². The highest BCUT2D eigenvalue weighted by Crippen LogP contribution is 2.45. The fourth-order valence-electron chi connectivity index (χ4n) is 11.4. The predicted octanol–water partition coefficient (Wildman–Crippen LogP) is 21.8. The maximum absolute atomic E-state index is 13.1. The summed E-state index contributed by atoms with van der Waals surface area (Å²) in [4.78, 5) is 72.6. The molecule has 0 radical (unpaired) electrons. The van der Waals surface area contributed by atoms with Crippen LogP contribution in [0.4, 0.5) is 0 Å². The lowest BCUT2D eigenvalue weighted by molar-refractivity contribution is -0.161. The first-order chi connectivity index (χ1) is 45.2. The van der Waals surface area contributed by atoms with Crippen molar-refractivity contribution in [3.8, 4) is 0 Å². The lowest BCUT2D eigenvalue weighted by Crippen LogP contribution is -2.30. The number of phosphoric acid groups is 2. The molecular formula is C75H146O17P2. The SMILES string of the molecule is CCCCCCCCCCCCCCCCCCCCCCCCC(=O)O[C@H](COC(=O)CCCCCCCCCCCC(C)C)COP(=O)(O)OC[C@@H](O)COP(=O)(O)OC[C@@H](COC(=O)CCCCCCCCCC(C)C)OC(=O)CCCCCCCCCC(C)C. The number of hydrogen-bond donors (Lipinski definition) is 3. The van der Waals surface area contributed by atoms with Gasteiger partial charge in [0.1, 0.15) is 19.3 Å². The second-order valence-corrected chi connectivity index (χ2v) is 31.4. The molecule has 0 amide bonds. The largest absolute Gasteiger partial charge is 0.472 e. The van der Waals surface area contributed by atoms with Crippen LogP contribution in [0.1, 0.15) is 382 Å². The Labute approximate surface area is 575 Å². The molecule has 0 spiro atoms. The van der Waals surface area contributed by atoms with Crippen LogP contribution in [0.25, 0.3) is 0 Å². The van der Waals surface area contributed by atoms with Gasteiger partial charge in [-0.25, -0.2) is 9.13 Å². The maximum atomic E-state index is 13.1. The van der Waals surface area contributed by atoms with Crippen LogP contribution in [-0.4, -0.2) is 96.7 Å². The Morgan fingerprint density at radius 3 is 0.723 bits per heavy atom. The molecule has 3 N–H and O–H groups in total. The van der Waals surface area contributed by atoms with E-state index >= 15 is 0 Å². The zero-order chi connectivity index (χ0) is 69.4. The maximum Gasteiger partial charge on any atom is 0.472 e. The molecule has 0 saturated heterocycles. The Bertz CT molecular complexity index is 1840. The second kappa shape index (κ2) is 65.7. The van der Waals surface area contributed by atoms with E-state index in [1.165, 1.54) is 186 Å². The summed E-state index contributed by atoms with van der Waals surface area (Å²) in [6, 6.07) is 0. The van der Waals surface area contributed by atoms with Gasteiger partial charge in [-0.15, -0.1) is 0 Å². The normalized spacial score (nSPS) is 14.1. The minimum Gasteiger partial charge on any atom is -0.462 e. The highest BCUT2D eigenvalue weighted by Gasteiger charge is 2.30. The van der Waals surface area contributed by atoms with Crippen LogP contribution in [0, 0.1) is 17.8 Å². The van der Waals surface area contributed by atoms with Gasteiger partial charge in [0, 0.05) is 25.7 Å². The van der Waals surface area contributed by atoms with Crippen LogP contribution in [0.2, 0.25) is 0 Å². The lowest BCUT2D eigenvalue weighted by Gasteiger charge is -2.21. The third-order valence-corrected chi connectivity index (χ3v) is 19.3. The van der Waals surface area contributed by atoms with Gasteiger partial charge in [0.25, 0.3) is 0 Å². The smallest absolute Gasteiger partial charge is 0.462 e. The molecular weight excluding hydrogens is 1230 g/mol. The molecule has 558 valence electrons. The Hall–Kier alpha value is -1.94. The van der Waals surface area contributed by atoms with Crippen LogP contribution in [0.3, 0.4) is 0 Å². The van der Waals surface area contributed by atoms with Crippen molar-refractivity contribution in [2.45, 2.75) is 401 Å². The quantitative estimate of drug-likeness (QED) is 0.0222.